The van der Waals surface area contributed by atoms with Crippen LogP contribution < -0.4 is 10.6 Å². The fourth-order valence-corrected chi connectivity index (χ4v) is 3.01. The van der Waals surface area contributed by atoms with Gasteiger partial charge in [0.25, 0.3) is 0 Å². The predicted octanol–water partition coefficient (Wildman–Crippen LogP) is 2.49. The van der Waals surface area contributed by atoms with Crippen molar-refractivity contribution in [2.24, 2.45) is 11.8 Å². The highest BCUT2D eigenvalue weighted by Crippen LogP contribution is 2.33. The third-order valence-corrected chi connectivity index (χ3v) is 4.55. The van der Waals surface area contributed by atoms with Crippen LogP contribution in [-0.2, 0) is 4.79 Å². The molecule has 3 nitrogen and oxygen atoms in total. The van der Waals surface area contributed by atoms with Gasteiger partial charge in [-0.3, -0.25) is 4.79 Å². The van der Waals surface area contributed by atoms with Gasteiger partial charge in [-0.2, -0.15) is 0 Å². The summed E-state index contributed by atoms with van der Waals surface area (Å²) in [4.78, 5) is 12.1. The van der Waals surface area contributed by atoms with Crippen LogP contribution in [0.2, 0.25) is 0 Å². The average molecular weight is 275 g/mol. The van der Waals surface area contributed by atoms with Crippen LogP contribution in [0.1, 0.15) is 52.9 Å². The molecule has 1 aliphatic carbocycles. The fourth-order valence-electron chi connectivity index (χ4n) is 3.01. The van der Waals surface area contributed by atoms with Gasteiger partial charge in [0, 0.05) is 12.1 Å². The lowest BCUT2D eigenvalue weighted by molar-refractivity contribution is -0.123. The third kappa shape index (κ3) is 3.61. The van der Waals surface area contributed by atoms with E-state index in [1.54, 1.807) is 0 Å². The smallest absolute Gasteiger partial charge is 0.237 e. The van der Waals surface area contributed by atoms with Crippen LogP contribution in [0.15, 0.2) is 0 Å². The van der Waals surface area contributed by atoms with Crippen LogP contribution >= 0.6 is 12.4 Å². The van der Waals surface area contributed by atoms with Crippen molar-refractivity contribution in [3.8, 4) is 0 Å². The Hall–Kier alpha value is -0.280. The van der Waals surface area contributed by atoms with Crippen molar-refractivity contribution in [2.75, 3.05) is 0 Å². The summed E-state index contributed by atoms with van der Waals surface area (Å²) in [6.07, 6.45) is 6.28. The van der Waals surface area contributed by atoms with Crippen LogP contribution in [0.4, 0.5) is 0 Å². The molecule has 4 heteroatoms. The number of carbonyl (C=O) groups excluding carboxylic acids is 1. The van der Waals surface area contributed by atoms with E-state index in [-0.39, 0.29) is 30.4 Å². The van der Waals surface area contributed by atoms with E-state index in [4.69, 9.17) is 0 Å². The second-order valence-corrected chi connectivity index (χ2v) is 6.15. The number of carbonyl (C=O) groups is 1. The first-order valence-electron chi connectivity index (χ1n) is 7.14. The maximum absolute atomic E-state index is 12.1. The maximum Gasteiger partial charge on any atom is 0.237 e. The molecule has 2 fully saturated rings. The molecule has 4 atom stereocenters. The average Bonchev–Trinajstić information content (AvgIpc) is 2.72. The van der Waals surface area contributed by atoms with E-state index in [0.717, 1.165) is 12.3 Å². The Balaban J connectivity index is 0.00000162. The van der Waals surface area contributed by atoms with E-state index in [9.17, 15) is 4.79 Å². The lowest BCUT2D eigenvalue weighted by Crippen LogP contribution is -2.47. The number of hydrogen-bond donors (Lipinski definition) is 2. The summed E-state index contributed by atoms with van der Waals surface area (Å²) in [6.45, 7) is 6.38. The molecule has 1 saturated heterocycles. The summed E-state index contributed by atoms with van der Waals surface area (Å²) in [5.41, 5.74) is 0. The zero-order valence-corrected chi connectivity index (χ0v) is 12.6. The SMILES string of the molecule is CC(C)C(C)NC(=O)C1CC2CCCCC2N1.Cl. The Morgan fingerprint density at radius 1 is 1.22 bits per heavy atom. The molecule has 106 valence electrons. The summed E-state index contributed by atoms with van der Waals surface area (Å²) in [5, 5.41) is 6.65. The van der Waals surface area contributed by atoms with Gasteiger partial charge in [0.1, 0.15) is 0 Å². The molecular formula is C14H27ClN2O. The minimum Gasteiger partial charge on any atom is -0.352 e. The highest BCUT2D eigenvalue weighted by molar-refractivity contribution is 5.85. The first kappa shape index (κ1) is 15.8. The van der Waals surface area contributed by atoms with Crippen LogP contribution in [0.3, 0.4) is 0 Å². The fraction of sp³-hybridized carbons (Fsp3) is 0.929. The molecule has 0 bridgehead atoms. The number of halogens is 1. The number of amides is 1. The molecule has 2 N–H and O–H groups in total. The highest BCUT2D eigenvalue weighted by Gasteiger charge is 2.38. The van der Waals surface area contributed by atoms with Crippen molar-refractivity contribution in [1.82, 2.24) is 10.6 Å². The Labute approximate surface area is 117 Å². The predicted molar refractivity (Wildman–Crippen MR) is 77.0 cm³/mol. The number of hydrogen-bond acceptors (Lipinski definition) is 2. The summed E-state index contributed by atoms with van der Waals surface area (Å²) < 4.78 is 0. The molecule has 1 heterocycles. The zero-order chi connectivity index (χ0) is 12.4. The molecule has 1 amide bonds. The van der Waals surface area contributed by atoms with Gasteiger partial charge in [-0.05, 0) is 38.0 Å². The topological polar surface area (TPSA) is 41.1 Å². The summed E-state index contributed by atoms with van der Waals surface area (Å²) in [6, 6.07) is 0.935. The molecule has 0 spiro atoms. The van der Waals surface area contributed by atoms with Gasteiger partial charge in [-0.15, -0.1) is 12.4 Å². The van der Waals surface area contributed by atoms with E-state index in [0.29, 0.717) is 12.0 Å². The molecule has 2 aliphatic rings. The largest absolute Gasteiger partial charge is 0.352 e. The van der Waals surface area contributed by atoms with E-state index < -0.39 is 0 Å². The highest BCUT2D eigenvalue weighted by atomic mass is 35.5. The third-order valence-electron chi connectivity index (χ3n) is 4.55. The Bertz CT molecular complexity index is 269. The molecule has 18 heavy (non-hydrogen) atoms. The van der Waals surface area contributed by atoms with Crippen molar-refractivity contribution >= 4 is 18.3 Å². The second kappa shape index (κ2) is 6.76. The molecule has 2 rings (SSSR count). The van der Waals surface area contributed by atoms with Crippen molar-refractivity contribution < 1.29 is 4.79 Å². The van der Waals surface area contributed by atoms with Gasteiger partial charge in [0.2, 0.25) is 5.91 Å². The molecular weight excluding hydrogens is 248 g/mol. The van der Waals surface area contributed by atoms with Crippen LogP contribution in [0.25, 0.3) is 0 Å². The standard InChI is InChI=1S/C14H26N2O.ClH/c1-9(2)10(3)15-14(17)13-8-11-6-4-5-7-12(11)16-13;/h9-13,16H,4-8H2,1-3H3,(H,15,17);1H. The minimum atomic E-state index is 0. The molecule has 0 aromatic rings. The Morgan fingerprint density at radius 2 is 1.89 bits per heavy atom. The molecule has 4 unspecified atom stereocenters. The Kier molecular flexibility index (Phi) is 5.93. The molecule has 0 radical (unpaired) electrons. The Morgan fingerprint density at radius 3 is 2.50 bits per heavy atom. The summed E-state index contributed by atoms with van der Waals surface area (Å²) in [7, 11) is 0. The van der Waals surface area contributed by atoms with Gasteiger partial charge in [0.05, 0.1) is 6.04 Å². The molecule has 1 aliphatic heterocycles. The van der Waals surface area contributed by atoms with E-state index in [1.165, 1.54) is 25.7 Å². The van der Waals surface area contributed by atoms with E-state index in [1.807, 2.05) is 0 Å². The van der Waals surface area contributed by atoms with Crippen LogP contribution in [0, 0.1) is 11.8 Å². The van der Waals surface area contributed by atoms with E-state index in [2.05, 4.69) is 31.4 Å². The van der Waals surface area contributed by atoms with Crippen molar-refractivity contribution in [1.29, 1.82) is 0 Å². The molecule has 0 aromatic heterocycles. The minimum absolute atomic E-state index is 0. The summed E-state index contributed by atoms with van der Waals surface area (Å²) in [5.74, 6) is 1.46. The first-order chi connectivity index (χ1) is 8.08. The van der Waals surface area contributed by atoms with Gasteiger partial charge in [0.15, 0.2) is 0 Å². The molecule has 0 aromatic carbocycles. The zero-order valence-electron chi connectivity index (χ0n) is 11.7. The van der Waals surface area contributed by atoms with Crippen molar-refractivity contribution in [3.05, 3.63) is 0 Å². The van der Waals surface area contributed by atoms with Crippen LogP contribution in [0.5, 0.6) is 0 Å². The normalized spacial score (nSPS) is 32.6. The van der Waals surface area contributed by atoms with Gasteiger partial charge in [-0.25, -0.2) is 0 Å². The number of fused-ring (bicyclic) bond motifs is 1. The molecule has 1 saturated carbocycles. The number of rotatable bonds is 3. The maximum atomic E-state index is 12.1. The van der Waals surface area contributed by atoms with Crippen molar-refractivity contribution in [2.45, 2.75) is 71.0 Å². The van der Waals surface area contributed by atoms with Gasteiger partial charge >= 0.3 is 0 Å². The van der Waals surface area contributed by atoms with Crippen LogP contribution in [-0.4, -0.2) is 24.0 Å². The lowest BCUT2D eigenvalue weighted by Gasteiger charge is -2.24. The van der Waals surface area contributed by atoms with Gasteiger partial charge in [-0.1, -0.05) is 26.7 Å². The lowest BCUT2D eigenvalue weighted by atomic mass is 9.85. The second-order valence-electron chi connectivity index (χ2n) is 6.15. The van der Waals surface area contributed by atoms with E-state index >= 15 is 0 Å². The quantitative estimate of drug-likeness (QED) is 0.830. The monoisotopic (exact) mass is 274 g/mol. The van der Waals surface area contributed by atoms with Crippen molar-refractivity contribution in [3.63, 3.8) is 0 Å². The summed E-state index contributed by atoms with van der Waals surface area (Å²) >= 11 is 0. The van der Waals surface area contributed by atoms with Gasteiger partial charge < -0.3 is 10.6 Å². The first-order valence-corrected chi connectivity index (χ1v) is 7.14. The number of nitrogens with one attached hydrogen (secondary N) is 2.